The van der Waals surface area contributed by atoms with Crippen molar-refractivity contribution in [3.63, 3.8) is 0 Å². The molecule has 0 aliphatic carbocycles. The van der Waals surface area contributed by atoms with Crippen molar-refractivity contribution < 1.29 is 8.42 Å². The van der Waals surface area contributed by atoms with E-state index in [2.05, 4.69) is 79.8 Å². The molecule has 1 aliphatic heterocycles. The summed E-state index contributed by atoms with van der Waals surface area (Å²) >= 11 is 4.70. The zero-order chi connectivity index (χ0) is 22.9. The molecule has 0 saturated carbocycles. The van der Waals surface area contributed by atoms with Gasteiger partial charge in [0.25, 0.3) is 0 Å². The highest BCUT2D eigenvalue weighted by atomic mass is 127. The van der Waals surface area contributed by atoms with Crippen LogP contribution in [0.3, 0.4) is 0 Å². The monoisotopic (exact) mass is 672 g/mol. The second-order valence-electron chi connectivity index (χ2n) is 7.96. The van der Waals surface area contributed by atoms with Crippen LogP contribution in [0.25, 0.3) is 21.9 Å². The first-order valence-corrected chi connectivity index (χ1v) is 14.5. The molecular weight excluding hydrogens is 650 g/mol. The number of hydrogen-bond donors (Lipinski definition) is 1. The second-order valence-corrected chi connectivity index (χ2v) is 14.8. The first kappa shape index (κ1) is 23.7. The van der Waals surface area contributed by atoms with Crippen LogP contribution in [0.1, 0.15) is 25.9 Å². The van der Waals surface area contributed by atoms with Gasteiger partial charge in [0.05, 0.1) is 19.8 Å². The van der Waals surface area contributed by atoms with Gasteiger partial charge in [-0.15, -0.1) is 0 Å². The lowest BCUT2D eigenvalue weighted by Crippen LogP contribution is -2.41. The Bertz CT molecular complexity index is 1300. The van der Waals surface area contributed by atoms with Crippen molar-refractivity contribution in [2.24, 2.45) is 0 Å². The van der Waals surface area contributed by atoms with Gasteiger partial charge in [0.1, 0.15) is 0 Å². The number of nitrogens with one attached hydrogen (secondary N) is 1. The van der Waals surface area contributed by atoms with Crippen molar-refractivity contribution in [3.05, 3.63) is 59.9 Å². The summed E-state index contributed by atoms with van der Waals surface area (Å²) in [4.78, 5) is 4.31. The second kappa shape index (κ2) is 9.79. The average Bonchev–Trinajstić information content (AvgIpc) is 2.78. The highest BCUT2D eigenvalue weighted by molar-refractivity contribution is 14.2. The number of alkyl halides is 2. The molecule has 0 radical (unpaired) electrons. The first-order chi connectivity index (χ1) is 15.2. The number of anilines is 1. The number of sulfonamides is 1. The van der Waals surface area contributed by atoms with Crippen LogP contribution in [-0.4, -0.2) is 43.1 Å². The van der Waals surface area contributed by atoms with Crippen molar-refractivity contribution in [1.82, 2.24) is 9.29 Å². The van der Waals surface area contributed by atoms with E-state index in [1.165, 1.54) is 6.26 Å². The van der Waals surface area contributed by atoms with Crippen LogP contribution in [0.5, 0.6) is 0 Å². The molecule has 0 unspecified atom stereocenters. The van der Waals surface area contributed by atoms with Crippen LogP contribution in [-0.2, 0) is 10.0 Å². The molecular formula is C23H22I2N4O2S. The van der Waals surface area contributed by atoms with Crippen LogP contribution in [0.2, 0.25) is 0 Å². The Kier molecular flexibility index (Phi) is 7.24. The number of pyridine rings is 1. The summed E-state index contributed by atoms with van der Waals surface area (Å²) in [7, 11) is -3.15. The molecule has 3 aromatic rings. The Hall–Kier alpha value is -1.49. The van der Waals surface area contributed by atoms with Crippen LogP contribution >= 0.6 is 45.2 Å². The summed E-state index contributed by atoms with van der Waals surface area (Å²) < 4.78 is 25.5. The predicted octanol–water partition coefficient (Wildman–Crippen LogP) is 5.48. The van der Waals surface area contributed by atoms with E-state index in [9.17, 15) is 13.7 Å². The van der Waals surface area contributed by atoms with E-state index in [0.717, 1.165) is 46.0 Å². The van der Waals surface area contributed by atoms with Gasteiger partial charge in [-0.3, -0.25) is 4.98 Å². The smallest absolute Gasteiger partial charge is 0.211 e. The largest absolute Gasteiger partial charge is 0.382 e. The molecule has 0 spiro atoms. The summed E-state index contributed by atoms with van der Waals surface area (Å²) in [5, 5.41) is 15.3. The number of halogens is 2. The zero-order valence-corrected chi connectivity index (χ0v) is 22.6. The lowest BCUT2D eigenvalue weighted by atomic mass is 9.97. The van der Waals surface area contributed by atoms with E-state index >= 15 is 0 Å². The Morgan fingerprint density at radius 1 is 1.16 bits per heavy atom. The fraction of sp³-hybridized carbons (Fsp3) is 0.304. The number of piperidine rings is 1. The topological polar surface area (TPSA) is 86.1 Å². The maximum absolute atomic E-state index is 11.8. The molecule has 1 N–H and O–H groups in total. The molecule has 1 aliphatic rings. The molecule has 0 atom stereocenters. The highest BCUT2D eigenvalue weighted by Gasteiger charge is 2.25. The van der Waals surface area contributed by atoms with Crippen molar-refractivity contribution in [3.8, 4) is 17.2 Å². The normalized spacial score (nSPS) is 15.7. The number of hydrogen-bond acceptors (Lipinski definition) is 5. The van der Waals surface area contributed by atoms with Crippen LogP contribution < -0.4 is 5.32 Å². The lowest BCUT2D eigenvalue weighted by molar-refractivity contribution is 0.332. The fourth-order valence-corrected chi connectivity index (χ4v) is 5.64. The fourth-order valence-electron chi connectivity index (χ4n) is 4.05. The number of nitriles is 1. The molecule has 0 amide bonds. The quantitative estimate of drug-likeness (QED) is 0.287. The van der Waals surface area contributed by atoms with Crippen molar-refractivity contribution >= 4 is 71.7 Å². The average molecular weight is 672 g/mol. The molecule has 1 fully saturated rings. The number of nitrogens with zero attached hydrogens (tertiary/aromatic N) is 3. The molecule has 0 bridgehead atoms. The summed E-state index contributed by atoms with van der Waals surface area (Å²) in [5.41, 5.74) is 4.77. The van der Waals surface area contributed by atoms with Gasteiger partial charge in [-0.2, -0.15) is 5.26 Å². The summed E-state index contributed by atoms with van der Waals surface area (Å²) in [6.45, 7) is 1.04. The molecule has 4 rings (SSSR count). The van der Waals surface area contributed by atoms with E-state index in [0.29, 0.717) is 18.7 Å². The van der Waals surface area contributed by atoms with Gasteiger partial charge in [-0.1, -0.05) is 45.2 Å². The predicted molar refractivity (Wildman–Crippen MR) is 146 cm³/mol. The molecule has 2 aromatic carbocycles. The molecule has 2 heterocycles. The van der Waals surface area contributed by atoms with Crippen LogP contribution in [0.15, 0.2) is 48.8 Å². The number of fused-ring (bicyclic) bond motifs is 1. The van der Waals surface area contributed by atoms with Crippen molar-refractivity contribution in [2.75, 3.05) is 24.7 Å². The maximum atomic E-state index is 11.8. The standard InChI is InChI=1S/C23H22I2N4O2S/c1-32(30,31)29-6-3-20(4-7-29)28-22-12-18(10-16-2-5-27-14-21(16)22)17-8-15(13-26)9-19(11-17)23(24)25/h2,5,8-12,14,20,23,28H,3-4,6-7H2,1H3. The molecule has 166 valence electrons. The third kappa shape index (κ3) is 5.35. The van der Waals surface area contributed by atoms with E-state index < -0.39 is 10.0 Å². The maximum Gasteiger partial charge on any atom is 0.211 e. The van der Waals surface area contributed by atoms with E-state index in [1.807, 2.05) is 24.4 Å². The van der Waals surface area contributed by atoms with Gasteiger partial charge in [0.2, 0.25) is 10.0 Å². The van der Waals surface area contributed by atoms with E-state index in [4.69, 9.17) is 0 Å². The van der Waals surface area contributed by atoms with Crippen LogP contribution in [0.4, 0.5) is 5.69 Å². The van der Waals surface area contributed by atoms with Gasteiger partial charge in [0.15, 0.2) is 0 Å². The van der Waals surface area contributed by atoms with Gasteiger partial charge in [0, 0.05) is 42.6 Å². The molecule has 1 saturated heterocycles. The minimum atomic E-state index is -3.15. The molecule has 6 nitrogen and oxygen atoms in total. The lowest BCUT2D eigenvalue weighted by Gasteiger charge is -2.31. The summed E-state index contributed by atoms with van der Waals surface area (Å²) in [5.74, 6) is 0. The molecule has 9 heteroatoms. The molecule has 32 heavy (non-hydrogen) atoms. The van der Waals surface area contributed by atoms with Crippen molar-refractivity contribution in [2.45, 2.75) is 20.8 Å². The highest BCUT2D eigenvalue weighted by Crippen LogP contribution is 2.36. The van der Waals surface area contributed by atoms with E-state index in [1.54, 1.807) is 10.5 Å². The van der Waals surface area contributed by atoms with Gasteiger partial charge in [-0.05, 0) is 71.3 Å². The van der Waals surface area contributed by atoms with E-state index in [-0.39, 0.29) is 7.97 Å². The minimum Gasteiger partial charge on any atom is -0.382 e. The van der Waals surface area contributed by atoms with Gasteiger partial charge >= 0.3 is 0 Å². The number of rotatable bonds is 5. The summed E-state index contributed by atoms with van der Waals surface area (Å²) in [6.07, 6.45) is 6.40. The zero-order valence-electron chi connectivity index (χ0n) is 17.4. The van der Waals surface area contributed by atoms with Crippen molar-refractivity contribution in [1.29, 1.82) is 5.26 Å². The van der Waals surface area contributed by atoms with Gasteiger partial charge in [-0.25, -0.2) is 12.7 Å². The Labute approximate surface area is 215 Å². The Morgan fingerprint density at radius 3 is 2.53 bits per heavy atom. The Morgan fingerprint density at radius 2 is 1.88 bits per heavy atom. The summed E-state index contributed by atoms with van der Waals surface area (Å²) in [6, 6.07) is 14.7. The number of benzene rings is 2. The van der Waals surface area contributed by atoms with Gasteiger partial charge < -0.3 is 5.32 Å². The first-order valence-electron chi connectivity index (χ1n) is 10.2. The number of aromatic nitrogens is 1. The third-order valence-corrected chi connectivity index (χ3v) is 8.45. The molecule has 1 aromatic heterocycles. The van der Waals surface area contributed by atoms with Crippen LogP contribution in [0, 0.1) is 11.3 Å². The third-order valence-electron chi connectivity index (χ3n) is 5.71. The SMILES string of the molecule is CS(=O)(=O)N1CCC(Nc2cc(-c3cc(C#N)cc(C(I)I)c3)cc3ccncc23)CC1. The minimum absolute atomic E-state index is 0.181. The Balaban J connectivity index is 1.71.